The number of aromatic nitrogens is 1. The second kappa shape index (κ2) is 5.58. The molecule has 0 N–H and O–H groups in total. The summed E-state index contributed by atoms with van der Waals surface area (Å²) in [5.74, 6) is 0.828. The monoisotopic (exact) mass is 301 g/mol. The summed E-state index contributed by atoms with van der Waals surface area (Å²) >= 11 is 6.14. The van der Waals surface area contributed by atoms with Crippen LogP contribution >= 0.6 is 11.6 Å². The summed E-state index contributed by atoms with van der Waals surface area (Å²) in [6.45, 7) is 2.41. The smallest absolute Gasteiger partial charge is 0.347 e. The third-order valence-electron chi connectivity index (χ3n) is 3.01. The summed E-state index contributed by atoms with van der Waals surface area (Å²) in [5.41, 5.74) is 0.806. The fraction of sp³-hybridized carbons (Fsp3) is 0.125. The van der Waals surface area contributed by atoms with Gasteiger partial charge in [0.1, 0.15) is 5.75 Å². The minimum absolute atomic E-state index is 0.239. The number of rotatable bonds is 3. The van der Waals surface area contributed by atoms with Gasteiger partial charge in [-0.1, -0.05) is 23.7 Å². The minimum atomic E-state index is -0.416. The van der Waals surface area contributed by atoms with E-state index in [9.17, 15) is 4.79 Å². The Morgan fingerprint density at radius 1 is 1.24 bits per heavy atom. The summed E-state index contributed by atoms with van der Waals surface area (Å²) in [6, 6.07) is 12.2. The Morgan fingerprint density at radius 2 is 2.05 bits per heavy atom. The highest BCUT2D eigenvalue weighted by Gasteiger charge is 2.10. The van der Waals surface area contributed by atoms with Gasteiger partial charge in [0.05, 0.1) is 22.5 Å². The highest BCUT2D eigenvalue weighted by molar-refractivity contribution is 6.32. The van der Waals surface area contributed by atoms with E-state index < -0.39 is 5.63 Å². The molecular weight excluding hydrogens is 290 g/mol. The molecule has 0 radical (unpaired) electrons. The van der Waals surface area contributed by atoms with Gasteiger partial charge in [-0.25, -0.2) is 9.78 Å². The van der Waals surface area contributed by atoms with Crippen molar-refractivity contribution in [3.63, 3.8) is 0 Å². The molecule has 3 rings (SSSR count). The number of halogens is 1. The SMILES string of the molecule is CCOc1ccc(-c2nc3ccccc3c(=O)o2)cc1Cl. The predicted molar refractivity (Wildman–Crippen MR) is 81.9 cm³/mol. The molecule has 0 atom stereocenters. The van der Waals surface area contributed by atoms with Crippen LogP contribution in [0.4, 0.5) is 0 Å². The van der Waals surface area contributed by atoms with E-state index in [-0.39, 0.29) is 5.89 Å². The molecule has 0 fully saturated rings. The Balaban J connectivity index is 2.12. The first-order valence-electron chi connectivity index (χ1n) is 6.51. The third-order valence-corrected chi connectivity index (χ3v) is 3.31. The lowest BCUT2D eigenvalue weighted by Crippen LogP contribution is -2.02. The molecule has 3 aromatic rings. The van der Waals surface area contributed by atoms with Crippen molar-refractivity contribution < 1.29 is 9.15 Å². The number of ether oxygens (including phenoxy) is 1. The molecule has 0 saturated carbocycles. The van der Waals surface area contributed by atoms with Crippen molar-refractivity contribution in [1.29, 1.82) is 0 Å². The van der Waals surface area contributed by atoms with Crippen LogP contribution in [0.3, 0.4) is 0 Å². The van der Waals surface area contributed by atoms with E-state index in [1.54, 1.807) is 36.4 Å². The lowest BCUT2D eigenvalue weighted by atomic mass is 10.2. The van der Waals surface area contributed by atoms with Crippen LogP contribution in [0, 0.1) is 0 Å². The zero-order valence-corrected chi connectivity index (χ0v) is 12.1. The highest BCUT2D eigenvalue weighted by atomic mass is 35.5. The fourth-order valence-corrected chi connectivity index (χ4v) is 2.28. The lowest BCUT2D eigenvalue weighted by molar-refractivity contribution is 0.340. The Labute approximate surface area is 126 Å². The van der Waals surface area contributed by atoms with Gasteiger partial charge in [-0.2, -0.15) is 0 Å². The van der Waals surface area contributed by atoms with E-state index in [4.69, 9.17) is 20.8 Å². The van der Waals surface area contributed by atoms with Crippen molar-refractivity contribution in [2.45, 2.75) is 6.92 Å². The maximum atomic E-state index is 12.0. The normalized spacial score (nSPS) is 10.8. The third kappa shape index (κ3) is 2.62. The summed E-state index contributed by atoms with van der Waals surface area (Å²) in [4.78, 5) is 16.3. The van der Waals surface area contributed by atoms with Crippen LogP contribution in [0.15, 0.2) is 51.7 Å². The Bertz CT molecular complexity index is 858. The molecule has 0 saturated heterocycles. The molecule has 5 heteroatoms. The summed E-state index contributed by atoms with van der Waals surface area (Å²) in [5, 5.41) is 0.908. The molecule has 0 bridgehead atoms. The number of hydrogen-bond acceptors (Lipinski definition) is 4. The molecule has 2 aromatic carbocycles. The molecule has 0 unspecified atom stereocenters. The first-order valence-corrected chi connectivity index (χ1v) is 6.89. The standard InChI is InChI=1S/C16H12ClNO3/c1-2-20-14-8-7-10(9-12(14)17)15-18-13-6-4-3-5-11(13)16(19)21-15/h3-9H,2H2,1H3. The summed E-state index contributed by atoms with van der Waals surface area (Å²) < 4.78 is 10.6. The second-order valence-corrected chi connectivity index (χ2v) is 4.81. The van der Waals surface area contributed by atoms with Crippen molar-refractivity contribution in [1.82, 2.24) is 4.98 Å². The van der Waals surface area contributed by atoms with Crippen molar-refractivity contribution in [2.75, 3.05) is 6.61 Å². The van der Waals surface area contributed by atoms with Gasteiger partial charge in [0.15, 0.2) is 0 Å². The number of para-hydroxylation sites is 1. The molecule has 106 valence electrons. The van der Waals surface area contributed by atoms with Gasteiger partial charge in [0.2, 0.25) is 5.89 Å². The van der Waals surface area contributed by atoms with E-state index >= 15 is 0 Å². The van der Waals surface area contributed by atoms with Crippen molar-refractivity contribution >= 4 is 22.5 Å². The zero-order valence-electron chi connectivity index (χ0n) is 11.3. The van der Waals surface area contributed by atoms with Gasteiger partial charge < -0.3 is 9.15 Å². The number of nitrogens with zero attached hydrogens (tertiary/aromatic N) is 1. The Hall–Kier alpha value is -2.33. The van der Waals surface area contributed by atoms with Crippen LogP contribution in [-0.2, 0) is 0 Å². The Morgan fingerprint density at radius 3 is 2.81 bits per heavy atom. The molecule has 0 spiro atoms. The molecule has 1 aromatic heterocycles. The largest absolute Gasteiger partial charge is 0.492 e. The van der Waals surface area contributed by atoms with Gasteiger partial charge in [0.25, 0.3) is 0 Å². The van der Waals surface area contributed by atoms with Crippen LogP contribution in [0.1, 0.15) is 6.92 Å². The minimum Gasteiger partial charge on any atom is -0.492 e. The molecule has 0 amide bonds. The maximum Gasteiger partial charge on any atom is 0.347 e. The molecule has 4 nitrogen and oxygen atoms in total. The molecule has 0 aliphatic heterocycles. The number of hydrogen-bond donors (Lipinski definition) is 0. The first kappa shape index (κ1) is 13.6. The quantitative estimate of drug-likeness (QED) is 0.736. The Kier molecular flexibility index (Phi) is 3.62. The number of fused-ring (bicyclic) bond motifs is 1. The molecule has 1 heterocycles. The maximum absolute atomic E-state index is 12.0. The van der Waals surface area contributed by atoms with Crippen molar-refractivity contribution in [2.24, 2.45) is 0 Å². The molecule has 21 heavy (non-hydrogen) atoms. The van der Waals surface area contributed by atoms with E-state index in [0.29, 0.717) is 33.8 Å². The van der Waals surface area contributed by atoms with Gasteiger partial charge in [-0.3, -0.25) is 0 Å². The van der Waals surface area contributed by atoms with Gasteiger partial charge in [-0.05, 0) is 37.3 Å². The van der Waals surface area contributed by atoms with Crippen molar-refractivity contribution in [3.8, 4) is 17.2 Å². The van der Waals surface area contributed by atoms with Crippen LogP contribution in [-0.4, -0.2) is 11.6 Å². The average Bonchev–Trinajstić information content (AvgIpc) is 2.49. The summed E-state index contributed by atoms with van der Waals surface area (Å²) in [7, 11) is 0. The molecule has 0 aliphatic rings. The highest BCUT2D eigenvalue weighted by Crippen LogP contribution is 2.29. The van der Waals surface area contributed by atoms with Crippen LogP contribution in [0.25, 0.3) is 22.4 Å². The van der Waals surface area contributed by atoms with E-state index in [2.05, 4.69) is 4.98 Å². The molecular formula is C16H12ClNO3. The summed E-state index contributed by atoms with van der Waals surface area (Å²) in [6.07, 6.45) is 0. The number of benzene rings is 2. The van der Waals surface area contributed by atoms with Gasteiger partial charge in [-0.15, -0.1) is 0 Å². The van der Waals surface area contributed by atoms with E-state index in [0.717, 1.165) is 0 Å². The van der Waals surface area contributed by atoms with E-state index in [1.807, 2.05) is 13.0 Å². The lowest BCUT2D eigenvalue weighted by Gasteiger charge is -2.07. The fourth-order valence-electron chi connectivity index (χ4n) is 2.05. The zero-order chi connectivity index (χ0) is 14.8. The van der Waals surface area contributed by atoms with E-state index in [1.165, 1.54) is 0 Å². The van der Waals surface area contributed by atoms with Crippen LogP contribution in [0.2, 0.25) is 5.02 Å². The predicted octanol–water partition coefficient (Wildman–Crippen LogP) is 3.91. The van der Waals surface area contributed by atoms with Gasteiger partial charge >= 0.3 is 5.63 Å². The van der Waals surface area contributed by atoms with Crippen LogP contribution < -0.4 is 10.4 Å². The topological polar surface area (TPSA) is 52.3 Å². The molecule has 0 aliphatic carbocycles. The first-order chi connectivity index (χ1) is 10.2. The average molecular weight is 302 g/mol. The van der Waals surface area contributed by atoms with Gasteiger partial charge in [0, 0.05) is 5.56 Å². The van der Waals surface area contributed by atoms with Crippen LogP contribution in [0.5, 0.6) is 5.75 Å². The second-order valence-electron chi connectivity index (χ2n) is 4.40. The van der Waals surface area contributed by atoms with Crippen molar-refractivity contribution in [3.05, 3.63) is 57.9 Å².